The van der Waals surface area contributed by atoms with Crippen LogP contribution in [0.3, 0.4) is 0 Å². The van der Waals surface area contributed by atoms with Gasteiger partial charge < -0.3 is 14.5 Å². The highest BCUT2D eigenvalue weighted by atomic mass is 16.6. The first-order valence-corrected chi connectivity index (χ1v) is 8.06. The Morgan fingerprint density at radius 1 is 1.23 bits per heavy atom. The lowest BCUT2D eigenvalue weighted by molar-refractivity contribution is -0.140. The van der Waals surface area contributed by atoms with E-state index in [9.17, 15) is 9.59 Å². The highest BCUT2D eigenvalue weighted by Gasteiger charge is 2.42. The van der Waals surface area contributed by atoms with E-state index in [2.05, 4.69) is 18.7 Å². The van der Waals surface area contributed by atoms with Crippen LogP contribution in [-0.2, 0) is 9.53 Å². The van der Waals surface area contributed by atoms with Gasteiger partial charge in [0.25, 0.3) is 0 Å². The van der Waals surface area contributed by atoms with Crippen LogP contribution in [0.4, 0.5) is 4.79 Å². The first-order chi connectivity index (χ1) is 10.1. The summed E-state index contributed by atoms with van der Waals surface area (Å²) in [5.41, 5.74) is -0.491. The smallest absolute Gasteiger partial charge is 0.410 e. The van der Waals surface area contributed by atoms with E-state index in [1.54, 1.807) is 4.90 Å². The zero-order chi connectivity index (χ0) is 16.7. The average Bonchev–Trinajstić information content (AvgIpc) is 2.36. The lowest BCUT2D eigenvalue weighted by atomic mass is 9.96. The van der Waals surface area contributed by atoms with E-state index < -0.39 is 5.60 Å². The number of ether oxygens (including phenoxy) is 1. The predicted molar refractivity (Wildman–Crippen MR) is 84.6 cm³/mol. The van der Waals surface area contributed by atoms with Gasteiger partial charge >= 0.3 is 6.09 Å². The van der Waals surface area contributed by atoms with Gasteiger partial charge in [0, 0.05) is 32.7 Å². The number of rotatable bonds is 1. The van der Waals surface area contributed by atoms with Crippen molar-refractivity contribution in [1.29, 1.82) is 0 Å². The van der Waals surface area contributed by atoms with Gasteiger partial charge in [0.05, 0.1) is 12.6 Å². The molecule has 0 aromatic heterocycles. The minimum atomic E-state index is -0.491. The number of likely N-dealkylation sites (N-methyl/N-ethyl adjacent to an activating group) is 1. The van der Waals surface area contributed by atoms with Gasteiger partial charge in [-0.15, -0.1) is 0 Å². The van der Waals surface area contributed by atoms with Crippen molar-refractivity contribution in [2.24, 2.45) is 5.92 Å². The molecule has 2 saturated heterocycles. The zero-order valence-electron chi connectivity index (χ0n) is 14.6. The molecule has 2 amide bonds. The van der Waals surface area contributed by atoms with Gasteiger partial charge in [-0.25, -0.2) is 4.79 Å². The molecule has 6 nitrogen and oxygen atoms in total. The molecule has 0 saturated carbocycles. The fraction of sp³-hybridized carbons (Fsp3) is 0.875. The van der Waals surface area contributed by atoms with Crippen molar-refractivity contribution in [2.75, 3.05) is 33.2 Å². The van der Waals surface area contributed by atoms with Crippen LogP contribution in [0.15, 0.2) is 0 Å². The highest BCUT2D eigenvalue weighted by molar-refractivity contribution is 5.79. The molecular formula is C16H29N3O3. The molecule has 2 atom stereocenters. The van der Waals surface area contributed by atoms with Gasteiger partial charge in [-0.3, -0.25) is 9.69 Å². The quantitative estimate of drug-likeness (QED) is 0.734. The van der Waals surface area contributed by atoms with Crippen LogP contribution < -0.4 is 0 Å². The Kier molecular flexibility index (Phi) is 4.70. The van der Waals surface area contributed by atoms with Gasteiger partial charge in [-0.2, -0.15) is 0 Å². The molecule has 6 heteroatoms. The van der Waals surface area contributed by atoms with E-state index in [0.717, 1.165) is 6.54 Å². The molecule has 0 aromatic carbocycles. The summed E-state index contributed by atoms with van der Waals surface area (Å²) in [6.45, 7) is 12.4. The van der Waals surface area contributed by atoms with Gasteiger partial charge in [0.15, 0.2) is 0 Å². The molecule has 0 spiro atoms. The first-order valence-electron chi connectivity index (χ1n) is 8.06. The van der Waals surface area contributed by atoms with Crippen LogP contribution in [0.2, 0.25) is 0 Å². The van der Waals surface area contributed by atoms with Crippen LogP contribution in [0.25, 0.3) is 0 Å². The Bertz CT molecular complexity index is 444. The summed E-state index contributed by atoms with van der Waals surface area (Å²) in [4.78, 5) is 30.3. The number of nitrogens with zero attached hydrogens (tertiary/aromatic N) is 3. The molecule has 126 valence electrons. The van der Waals surface area contributed by atoms with Crippen molar-refractivity contribution in [3.05, 3.63) is 0 Å². The number of hydrogen-bond acceptors (Lipinski definition) is 4. The maximum Gasteiger partial charge on any atom is 0.410 e. The Hall–Kier alpha value is -1.30. The molecule has 2 aliphatic rings. The maximum absolute atomic E-state index is 12.6. The second-order valence-electron chi connectivity index (χ2n) is 7.80. The molecule has 0 radical (unpaired) electrons. The minimum absolute atomic E-state index is 0.0855. The fourth-order valence-electron chi connectivity index (χ4n) is 3.15. The van der Waals surface area contributed by atoms with Crippen LogP contribution in [0.1, 0.15) is 34.6 Å². The van der Waals surface area contributed by atoms with Crippen molar-refractivity contribution >= 4 is 12.0 Å². The summed E-state index contributed by atoms with van der Waals surface area (Å²) in [5.74, 6) is 0.479. The molecule has 2 heterocycles. The second-order valence-corrected chi connectivity index (χ2v) is 7.80. The molecule has 0 unspecified atom stereocenters. The van der Waals surface area contributed by atoms with Gasteiger partial charge in [0.1, 0.15) is 5.60 Å². The topological polar surface area (TPSA) is 53.1 Å². The minimum Gasteiger partial charge on any atom is -0.444 e. The normalized spacial score (nSPS) is 27.1. The number of amides is 2. The Labute approximate surface area is 133 Å². The van der Waals surface area contributed by atoms with Crippen molar-refractivity contribution in [3.63, 3.8) is 0 Å². The fourth-order valence-corrected chi connectivity index (χ4v) is 3.15. The second kappa shape index (κ2) is 6.07. The molecule has 2 aliphatic heterocycles. The Morgan fingerprint density at radius 2 is 1.86 bits per heavy atom. The SMILES string of the molecule is CC(C)[C@H]1CN2CC(=O)N(C)C[C@H]2CN1C(=O)OC(C)(C)C. The molecule has 0 bridgehead atoms. The van der Waals surface area contributed by atoms with Crippen molar-refractivity contribution in [2.45, 2.75) is 52.3 Å². The predicted octanol–water partition coefficient (Wildman–Crippen LogP) is 1.40. The number of hydrogen-bond donors (Lipinski definition) is 0. The number of carbonyl (C=O) groups excluding carboxylic acids is 2. The highest BCUT2D eigenvalue weighted by Crippen LogP contribution is 2.25. The largest absolute Gasteiger partial charge is 0.444 e. The van der Waals surface area contributed by atoms with Crippen LogP contribution >= 0.6 is 0 Å². The molecule has 0 aliphatic carbocycles. The Morgan fingerprint density at radius 3 is 2.41 bits per heavy atom. The van der Waals surface area contributed by atoms with Gasteiger partial charge in [-0.1, -0.05) is 13.8 Å². The van der Waals surface area contributed by atoms with Gasteiger partial charge in [0.2, 0.25) is 5.91 Å². The van der Waals surface area contributed by atoms with Gasteiger partial charge in [-0.05, 0) is 26.7 Å². The summed E-state index contributed by atoms with van der Waals surface area (Å²) >= 11 is 0. The van der Waals surface area contributed by atoms with Crippen molar-refractivity contribution in [1.82, 2.24) is 14.7 Å². The molecule has 0 N–H and O–H groups in total. The third kappa shape index (κ3) is 3.72. The van der Waals surface area contributed by atoms with E-state index in [1.807, 2.05) is 32.7 Å². The summed E-state index contributed by atoms with van der Waals surface area (Å²) in [6.07, 6.45) is -0.245. The number of fused-ring (bicyclic) bond motifs is 1. The zero-order valence-corrected chi connectivity index (χ0v) is 14.6. The van der Waals surface area contributed by atoms with E-state index in [1.165, 1.54) is 0 Å². The van der Waals surface area contributed by atoms with Crippen molar-refractivity contribution < 1.29 is 14.3 Å². The summed E-state index contributed by atoms with van der Waals surface area (Å²) in [7, 11) is 1.83. The molecular weight excluding hydrogens is 282 g/mol. The van der Waals surface area contributed by atoms with E-state index in [4.69, 9.17) is 4.74 Å². The molecule has 22 heavy (non-hydrogen) atoms. The maximum atomic E-state index is 12.6. The molecule has 0 aromatic rings. The number of carbonyl (C=O) groups is 2. The average molecular weight is 311 g/mol. The summed E-state index contributed by atoms with van der Waals surface area (Å²) in [5, 5.41) is 0. The molecule has 2 rings (SSSR count). The first kappa shape index (κ1) is 17.1. The van der Waals surface area contributed by atoms with E-state index >= 15 is 0 Å². The van der Waals surface area contributed by atoms with Crippen LogP contribution in [0.5, 0.6) is 0 Å². The molecule has 2 fully saturated rings. The lowest BCUT2D eigenvalue weighted by Crippen LogP contribution is -2.67. The van der Waals surface area contributed by atoms with Crippen molar-refractivity contribution in [3.8, 4) is 0 Å². The standard InChI is InChI=1S/C16H29N3O3/c1-11(2)13-9-18-10-14(20)17(6)7-12(18)8-19(13)15(21)22-16(3,4)5/h11-13H,7-10H2,1-6H3/t12-,13+/m0/s1. The Balaban J connectivity index is 2.14. The van der Waals surface area contributed by atoms with E-state index in [0.29, 0.717) is 25.6 Å². The lowest BCUT2D eigenvalue weighted by Gasteiger charge is -2.50. The summed E-state index contributed by atoms with van der Waals surface area (Å²) in [6, 6.07) is 0.285. The monoisotopic (exact) mass is 311 g/mol. The summed E-state index contributed by atoms with van der Waals surface area (Å²) < 4.78 is 5.57. The van der Waals surface area contributed by atoms with Crippen LogP contribution in [0, 0.1) is 5.92 Å². The van der Waals surface area contributed by atoms with Crippen LogP contribution in [-0.4, -0.2) is 77.6 Å². The number of piperazine rings is 2. The third-order valence-electron chi connectivity index (χ3n) is 4.39. The van der Waals surface area contributed by atoms with E-state index in [-0.39, 0.29) is 24.1 Å². The third-order valence-corrected chi connectivity index (χ3v) is 4.39.